The van der Waals surface area contributed by atoms with Crippen LogP contribution in [0.1, 0.15) is 13.3 Å². The molecule has 1 aromatic heterocycles. The Balaban J connectivity index is 3.34. The standard InChI is InChI=1S/C9H12N4O5/c1-2-4(8(15)16)3-13-7(14)5(12-18)6(10)11-9(13)17/h4H,2-3,10H2,1H3,(H,11,17)(H,15,16). The fourth-order valence-electron chi connectivity index (χ4n) is 1.43. The second-order valence-corrected chi connectivity index (χ2v) is 3.64. The molecule has 1 unspecified atom stereocenters. The molecular formula is C9H12N4O5. The van der Waals surface area contributed by atoms with Crippen molar-refractivity contribution in [3.05, 3.63) is 25.7 Å². The summed E-state index contributed by atoms with van der Waals surface area (Å²) in [6.07, 6.45) is 0.232. The molecule has 1 heterocycles. The van der Waals surface area contributed by atoms with Crippen LogP contribution in [0, 0.1) is 10.8 Å². The smallest absolute Gasteiger partial charge is 0.330 e. The zero-order chi connectivity index (χ0) is 13.9. The molecule has 0 aliphatic rings. The van der Waals surface area contributed by atoms with Gasteiger partial charge in [0.25, 0.3) is 5.56 Å². The molecule has 4 N–H and O–H groups in total. The SMILES string of the molecule is CCC(Cn1c(=O)[nH]c(N)c(N=O)c1=O)C(=O)O. The number of carbonyl (C=O) groups is 1. The van der Waals surface area contributed by atoms with Gasteiger partial charge in [0.1, 0.15) is 5.82 Å². The number of nitrogens with two attached hydrogens (primary N) is 1. The average Bonchev–Trinajstić information content (AvgIpc) is 2.28. The van der Waals surface area contributed by atoms with E-state index in [1.54, 1.807) is 6.92 Å². The van der Waals surface area contributed by atoms with E-state index in [4.69, 9.17) is 10.8 Å². The van der Waals surface area contributed by atoms with Crippen molar-refractivity contribution in [1.29, 1.82) is 0 Å². The number of carboxylic acids is 1. The second kappa shape index (κ2) is 5.25. The lowest BCUT2D eigenvalue weighted by atomic mass is 10.1. The molecule has 1 atom stereocenters. The lowest BCUT2D eigenvalue weighted by Gasteiger charge is -2.11. The third kappa shape index (κ3) is 2.44. The fourth-order valence-corrected chi connectivity index (χ4v) is 1.43. The number of nitrogens with zero attached hydrogens (tertiary/aromatic N) is 2. The molecule has 0 saturated heterocycles. The third-order valence-corrected chi connectivity index (χ3v) is 2.53. The van der Waals surface area contributed by atoms with Gasteiger partial charge in [-0.15, -0.1) is 4.91 Å². The lowest BCUT2D eigenvalue weighted by Crippen LogP contribution is -2.38. The summed E-state index contributed by atoms with van der Waals surface area (Å²) < 4.78 is 0.607. The number of hydrogen-bond donors (Lipinski definition) is 3. The molecule has 0 fully saturated rings. The van der Waals surface area contributed by atoms with Gasteiger partial charge in [-0.05, 0) is 11.6 Å². The molecule has 1 aromatic rings. The van der Waals surface area contributed by atoms with Crippen LogP contribution in [0.25, 0.3) is 0 Å². The highest BCUT2D eigenvalue weighted by molar-refractivity contribution is 5.69. The minimum absolute atomic E-state index is 0.232. The molecule has 0 amide bonds. The first-order valence-corrected chi connectivity index (χ1v) is 5.11. The maximum absolute atomic E-state index is 11.7. The maximum atomic E-state index is 11.7. The average molecular weight is 256 g/mol. The Morgan fingerprint density at radius 1 is 1.56 bits per heavy atom. The number of aromatic nitrogens is 2. The van der Waals surface area contributed by atoms with E-state index in [0.29, 0.717) is 4.57 Å². The van der Waals surface area contributed by atoms with Crippen LogP contribution in [0.2, 0.25) is 0 Å². The number of nitrogens with one attached hydrogen (secondary N) is 1. The predicted molar refractivity (Wildman–Crippen MR) is 62.6 cm³/mol. The lowest BCUT2D eigenvalue weighted by molar-refractivity contribution is -0.142. The highest BCUT2D eigenvalue weighted by Gasteiger charge is 2.20. The van der Waals surface area contributed by atoms with Crippen molar-refractivity contribution < 1.29 is 9.90 Å². The van der Waals surface area contributed by atoms with E-state index in [9.17, 15) is 19.3 Å². The summed E-state index contributed by atoms with van der Waals surface area (Å²) in [5.74, 6) is -2.48. The van der Waals surface area contributed by atoms with Crippen LogP contribution in [-0.2, 0) is 11.3 Å². The summed E-state index contributed by atoms with van der Waals surface area (Å²) in [7, 11) is 0. The number of nitroso groups, excluding NO2 is 1. The molecule has 0 aromatic carbocycles. The Hall–Kier alpha value is -2.45. The van der Waals surface area contributed by atoms with Gasteiger partial charge in [0.05, 0.1) is 5.92 Å². The minimum Gasteiger partial charge on any atom is -0.481 e. The van der Waals surface area contributed by atoms with Crippen LogP contribution in [0.3, 0.4) is 0 Å². The van der Waals surface area contributed by atoms with E-state index in [-0.39, 0.29) is 13.0 Å². The van der Waals surface area contributed by atoms with Crippen LogP contribution in [0.4, 0.5) is 11.5 Å². The van der Waals surface area contributed by atoms with E-state index >= 15 is 0 Å². The molecule has 0 spiro atoms. The monoisotopic (exact) mass is 256 g/mol. The largest absolute Gasteiger partial charge is 0.481 e. The molecule has 0 aliphatic carbocycles. The van der Waals surface area contributed by atoms with Crippen LogP contribution in [0.5, 0.6) is 0 Å². The first-order valence-electron chi connectivity index (χ1n) is 5.11. The molecule has 0 saturated carbocycles. The van der Waals surface area contributed by atoms with Gasteiger partial charge in [-0.2, -0.15) is 0 Å². The van der Waals surface area contributed by atoms with E-state index in [2.05, 4.69) is 10.2 Å². The van der Waals surface area contributed by atoms with Crippen LogP contribution >= 0.6 is 0 Å². The molecule has 0 bridgehead atoms. The van der Waals surface area contributed by atoms with E-state index in [1.807, 2.05) is 0 Å². The number of aliphatic carboxylic acids is 1. The number of anilines is 1. The van der Waals surface area contributed by atoms with Crippen LogP contribution in [0.15, 0.2) is 14.8 Å². The summed E-state index contributed by atoms with van der Waals surface area (Å²) >= 11 is 0. The zero-order valence-corrected chi connectivity index (χ0v) is 9.54. The van der Waals surface area contributed by atoms with Gasteiger partial charge in [0, 0.05) is 6.54 Å². The Morgan fingerprint density at radius 2 is 2.17 bits per heavy atom. The Morgan fingerprint density at radius 3 is 2.61 bits per heavy atom. The van der Waals surface area contributed by atoms with Crippen molar-refractivity contribution in [2.24, 2.45) is 11.1 Å². The normalized spacial score (nSPS) is 12.1. The maximum Gasteiger partial charge on any atom is 0.330 e. The van der Waals surface area contributed by atoms with Gasteiger partial charge in [-0.1, -0.05) is 6.92 Å². The molecule has 0 aliphatic heterocycles. The van der Waals surface area contributed by atoms with Crippen LogP contribution < -0.4 is 17.0 Å². The summed E-state index contributed by atoms with van der Waals surface area (Å²) in [6.45, 7) is 1.26. The summed E-state index contributed by atoms with van der Waals surface area (Å²) in [5.41, 5.74) is 2.75. The third-order valence-electron chi connectivity index (χ3n) is 2.53. The van der Waals surface area contributed by atoms with Crippen molar-refractivity contribution in [1.82, 2.24) is 9.55 Å². The first kappa shape index (κ1) is 13.6. The molecule has 1 rings (SSSR count). The minimum atomic E-state index is -1.14. The predicted octanol–water partition coefficient (Wildman–Crippen LogP) is -0.373. The number of aromatic amines is 1. The summed E-state index contributed by atoms with van der Waals surface area (Å²) in [6, 6.07) is 0. The highest BCUT2D eigenvalue weighted by atomic mass is 16.4. The second-order valence-electron chi connectivity index (χ2n) is 3.64. The quantitative estimate of drug-likeness (QED) is 0.612. The Bertz CT molecular complexity index is 588. The topological polar surface area (TPSA) is 148 Å². The summed E-state index contributed by atoms with van der Waals surface area (Å²) in [4.78, 5) is 46.5. The Kier molecular flexibility index (Phi) is 3.97. The highest BCUT2D eigenvalue weighted by Crippen LogP contribution is 2.11. The van der Waals surface area contributed by atoms with Gasteiger partial charge in [0.15, 0.2) is 0 Å². The zero-order valence-electron chi connectivity index (χ0n) is 9.54. The van der Waals surface area contributed by atoms with Crippen molar-refractivity contribution in [3.8, 4) is 0 Å². The molecule has 9 heteroatoms. The van der Waals surface area contributed by atoms with Gasteiger partial charge >= 0.3 is 11.7 Å². The number of hydrogen-bond acceptors (Lipinski definition) is 6. The van der Waals surface area contributed by atoms with Crippen molar-refractivity contribution in [2.45, 2.75) is 19.9 Å². The number of rotatable bonds is 5. The van der Waals surface area contributed by atoms with E-state index < -0.39 is 34.6 Å². The molecule has 9 nitrogen and oxygen atoms in total. The first-order chi connectivity index (χ1) is 8.42. The van der Waals surface area contributed by atoms with E-state index in [1.165, 1.54) is 0 Å². The molecule has 98 valence electrons. The Labute approximate surface area is 100 Å². The molecule has 0 radical (unpaired) electrons. The number of nitrogen functional groups attached to an aromatic ring is 1. The molecule has 18 heavy (non-hydrogen) atoms. The fraction of sp³-hybridized carbons (Fsp3) is 0.444. The van der Waals surface area contributed by atoms with E-state index in [0.717, 1.165) is 0 Å². The van der Waals surface area contributed by atoms with Gasteiger partial charge < -0.3 is 10.8 Å². The van der Waals surface area contributed by atoms with Gasteiger partial charge in [-0.25, -0.2) is 4.79 Å². The van der Waals surface area contributed by atoms with Gasteiger partial charge in [-0.3, -0.25) is 19.1 Å². The van der Waals surface area contributed by atoms with Crippen molar-refractivity contribution >= 4 is 17.5 Å². The summed E-state index contributed by atoms with van der Waals surface area (Å²) in [5, 5.41) is 11.3. The van der Waals surface area contributed by atoms with Crippen molar-refractivity contribution in [3.63, 3.8) is 0 Å². The molecular weight excluding hydrogens is 244 g/mol. The number of carboxylic acid groups (broad SMARTS) is 1. The number of H-pyrrole nitrogens is 1. The van der Waals surface area contributed by atoms with Gasteiger partial charge in [0.2, 0.25) is 5.69 Å². The van der Waals surface area contributed by atoms with Crippen molar-refractivity contribution in [2.75, 3.05) is 5.73 Å². The van der Waals surface area contributed by atoms with Crippen LogP contribution in [-0.4, -0.2) is 20.6 Å².